The van der Waals surface area contributed by atoms with Gasteiger partial charge in [0.25, 0.3) is 0 Å². The van der Waals surface area contributed by atoms with E-state index in [-0.39, 0.29) is 36.0 Å². The molecule has 0 aromatic rings. The molecule has 0 aromatic heterocycles. The van der Waals surface area contributed by atoms with Crippen LogP contribution in [0.25, 0.3) is 0 Å². The van der Waals surface area contributed by atoms with E-state index in [1.165, 1.54) is 24.2 Å². The first-order chi connectivity index (χ1) is 16.2. The summed E-state index contributed by atoms with van der Waals surface area (Å²) in [6.07, 6.45) is 13.9. The molecule has 3 amide bonds. The largest absolute Gasteiger partial charge is 0.349 e. The van der Waals surface area contributed by atoms with E-state index in [4.69, 9.17) is 0 Å². The highest BCUT2D eigenvalue weighted by molar-refractivity contribution is 5.90. The van der Waals surface area contributed by atoms with Crippen molar-refractivity contribution < 1.29 is 19.2 Å². The Morgan fingerprint density at radius 1 is 1.09 bits per heavy atom. The summed E-state index contributed by atoms with van der Waals surface area (Å²) >= 11 is 0. The number of carbonyl (C=O) groups is 4. The molecule has 2 unspecified atom stereocenters. The van der Waals surface area contributed by atoms with Gasteiger partial charge in [0, 0.05) is 25.9 Å². The van der Waals surface area contributed by atoms with Gasteiger partial charge in [-0.1, -0.05) is 65.0 Å². The number of hydrogen-bond donors (Lipinski definition) is 2. The quantitative estimate of drug-likeness (QED) is 0.282. The second-order valence-corrected chi connectivity index (χ2v) is 10.3. The molecule has 34 heavy (non-hydrogen) atoms. The molecule has 1 aliphatic rings. The molecule has 0 aliphatic carbocycles. The zero-order valence-corrected chi connectivity index (χ0v) is 22.0. The Balaban J connectivity index is 3.09. The number of amides is 3. The zero-order valence-electron chi connectivity index (χ0n) is 22.0. The lowest BCUT2D eigenvalue weighted by Crippen LogP contribution is -2.52. The fraction of sp³-hybridized carbons (Fsp3) is 0.778. The van der Waals surface area contributed by atoms with Gasteiger partial charge in [-0.15, -0.1) is 0 Å². The lowest BCUT2D eigenvalue weighted by Gasteiger charge is -2.27. The van der Waals surface area contributed by atoms with Crippen molar-refractivity contribution in [2.24, 2.45) is 17.8 Å². The van der Waals surface area contributed by atoms with Crippen LogP contribution in [0.4, 0.5) is 0 Å². The van der Waals surface area contributed by atoms with Crippen LogP contribution in [0.1, 0.15) is 91.4 Å². The van der Waals surface area contributed by atoms with Gasteiger partial charge in [0.2, 0.25) is 17.7 Å². The number of nitrogens with zero attached hydrogens (tertiary/aromatic N) is 1. The van der Waals surface area contributed by atoms with Crippen molar-refractivity contribution in [2.75, 3.05) is 14.1 Å². The molecule has 194 valence electrons. The Morgan fingerprint density at radius 3 is 2.41 bits per heavy atom. The van der Waals surface area contributed by atoms with Crippen LogP contribution in [0.5, 0.6) is 0 Å². The summed E-state index contributed by atoms with van der Waals surface area (Å²) in [7, 11) is 3.40. The van der Waals surface area contributed by atoms with Crippen LogP contribution in [-0.2, 0) is 19.2 Å². The average molecular weight is 478 g/mol. The van der Waals surface area contributed by atoms with E-state index >= 15 is 0 Å². The molecule has 4 atom stereocenters. The Bertz CT molecular complexity index is 675. The molecular weight excluding hydrogens is 430 g/mol. The monoisotopic (exact) mass is 477 g/mol. The van der Waals surface area contributed by atoms with E-state index < -0.39 is 18.0 Å². The Morgan fingerprint density at radius 2 is 1.79 bits per heavy atom. The molecule has 0 aromatic carbocycles. The first kappa shape index (κ1) is 29.9. The molecule has 0 saturated heterocycles. The number of unbranched alkanes of at least 4 members (excludes halogenated alkanes) is 4. The van der Waals surface area contributed by atoms with Crippen LogP contribution in [0.15, 0.2) is 12.2 Å². The van der Waals surface area contributed by atoms with Gasteiger partial charge in [-0.2, -0.15) is 0 Å². The Labute approximate surface area is 206 Å². The molecule has 0 spiro atoms. The first-order valence-electron chi connectivity index (χ1n) is 13.1. The maximum atomic E-state index is 13.2. The number of nitrogens with one attached hydrogen (secondary N) is 2. The van der Waals surface area contributed by atoms with Crippen molar-refractivity contribution in [1.29, 1.82) is 0 Å². The number of hydrogen-bond acceptors (Lipinski definition) is 4. The minimum absolute atomic E-state index is 0.0603. The number of rotatable bonds is 10. The third-order valence-corrected chi connectivity index (χ3v) is 6.46. The molecule has 0 saturated carbocycles. The predicted molar refractivity (Wildman–Crippen MR) is 136 cm³/mol. The number of carbonyl (C=O) groups excluding carboxylic acids is 4. The highest BCUT2D eigenvalue weighted by Crippen LogP contribution is 2.20. The fourth-order valence-electron chi connectivity index (χ4n) is 4.47. The number of aldehydes is 1. The lowest BCUT2D eigenvalue weighted by atomic mass is 9.92. The minimum atomic E-state index is -0.779. The van der Waals surface area contributed by atoms with Crippen LogP contribution in [0.3, 0.4) is 0 Å². The minimum Gasteiger partial charge on any atom is -0.349 e. The van der Waals surface area contributed by atoms with Crippen molar-refractivity contribution in [3.63, 3.8) is 0 Å². The van der Waals surface area contributed by atoms with Crippen molar-refractivity contribution in [3.8, 4) is 0 Å². The van der Waals surface area contributed by atoms with Crippen LogP contribution >= 0.6 is 0 Å². The highest BCUT2D eigenvalue weighted by atomic mass is 16.2. The Kier molecular flexibility index (Phi) is 14.4. The molecule has 1 rings (SSSR count). The second-order valence-electron chi connectivity index (χ2n) is 10.3. The molecule has 0 fully saturated rings. The maximum absolute atomic E-state index is 13.2. The van der Waals surface area contributed by atoms with Gasteiger partial charge in [0.15, 0.2) is 0 Å². The molecule has 1 heterocycles. The van der Waals surface area contributed by atoms with Crippen molar-refractivity contribution in [2.45, 2.75) is 103 Å². The zero-order chi connectivity index (χ0) is 25.5. The van der Waals surface area contributed by atoms with Gasteiger partial charge >= 0.3 is 0 Å². The van der Waals surface area contributed by atoms with Gasteiger partial charge in [-0.25, -0.2) is 0 Å². The van der Waals surface area contributed by atoms with Gasteiger partial charge < -0.3 is 20.3 Å². The normalized spacial score (nSPS) is 25.7. The van der Waals surface area contributed by atoms with Gasteiger partial charge in [-0.3, -0.25) is 14.4 Å². The summed E-state index contributed by atoms with van der Waals surface area (Å²) in [4.78, 5) is 52.3. The van der Waals surface area contributed by atoms with E-state index in [0.29, 0.717) is 19.1 Å². The standard InChI is InChI=1S/C27H47N3O4/c1-6-7-8-9-11-14-21-15-12-10-13-16-22(27(34)30(4)5)18-23(19-31)28-26(33)24(17-20(2)3)29-25(21)32/h10,13,19-24H,6-9,11-12,14-18H2,1-5H3,(H,28,33)(H,29,32)/b13-10-/t21?,22?,23-,24+/m1/s1. The van der Waals surface area contributed by atoms with Crippen LogP contribution in [0, 0.1) is 17.8 Å². The smallest absolute Gasteiger partial charge is 0.243 e. The van der Waals surface area contributed by atoms with Crippen LogP contribution in [0.2, 0.25) is 0 Å². The van der Waals surface area contributed by atoms with Crippen LogP contribution < -0.4 is 10.6 Å². The second kappa shape index (κ2) is 16.4. The molecule has 7 heteroatoms. The molecular formula is C27H47N3O4. The fourth-order valence-corrected chi connectivity index (χ4v) is 4.47. The van der Waals surface area contributed by atoms with Crippen LogP contribution in [-0.4, -0.2) is 55.1 Å². The molecule has 0 radical (unpaired) electrons. The maximum Gasteiger partial charge on any atom is 0.243 e. The first-order valence-corrected chi connectivity index (χ1v) is 13.1. The van der Waals surface area contributed by atoms with E-state index in [0.717, 1.165) is 32.1 Å². The SMILES string of the molecule is CCCCCCCC1CC/C=C\CC(C(=O)N(C)C)C[C@H](C=O)NC(=O)[C@H](CC(C)C)NC1=O. The van der Waals surface area contributed by atoms with Gasteiger partial charge in [0.05, 0.1) is 6.04 Å². The van der Waals surface area contributed by atoms with Crippen molar-refractivity contribution in [3.05, 3.63) is 12.2 Å². The molecule has 2 N–H and O–H groups in total. The van der Waals surface area contributed by atoms with Crippen molar-refractivity contribution in [1.82, 2.24) is 15.5 Å². The Hall–Kier alpha value is -2.18. The lowest BCUT2D eigenvalue weighted by molar-refractivity contribution is -0.134. The molecule has 0 bridgehead atoms. The topological polar surface area (TPSA) is 95.6 Å². The van der Waals surface area contributed by atoms with Gasteiger partial charge in [-0.05, 0) is 44.4 Å². The molecule has 7 nitrogen and oxygen atoms in total. The predicted octanol–water partition coefficient (Wildman–Crippen LogP) is 4.01. The van der Waals surface area contributed by atoms with Gasteiger partial charge in [0.1, 0.15) is 12.3 Å². The number of allylic oxidation sites excluding steroid dienone is 2. The average Bonchev–Trinajstić information content (AvgIpc) is 2.78. The van der Waals surface area contributed by atoms with E-state index in [2.05, 4.69) is 17.6 Å². The summed E-state index contributed by atoms with van der Waals surface area (Å²) in [5, 5.41) is 5.77. The van der Waals surface area contributed by atoms with E-state index in [1.807, 2.05) is 26.0 Å². The highest BCUT2D eigenvalue weighted by Gasteiger charge is 2.30. The summed E-state index contributed by atoms with van der Waals surface area (Å²) in [6.45, 7) is 6.19. The molecule has 1 aliphatic heterocycles. The third-order valence-electron chi connectivity index (χ3n) is 6.46. The van der Waals surface area contributed by atoms with E-state index in [1.54, 1.807) is 14.1 Å². The van der Waals surface area contributed by atoms with E-state index in [9.17, 15) is 19.2 Å². The summed E-state index contributed by atoms with van der Waals surface area (Å²) in [5.41, 5.74) is 0. The third kappa shape index (κ3) is 11.3. The van der Waals surface area contributed by atoms with Crippen molar-refractivity contribution >= 4 is 24.0 Å². The summed E-state index contributed by atoms with van der Waals surface area (Å²) < 4.78 is 0. The summed E-state index contributed by atoms with van der Waals surface area (Å²) in [6, 6.07) is -1.47. The summed E-state index contributed by atoms with van der Waals surface area (Å²) in [5.74, 6) is -0.845.